The van der Waals surface area contributed by atoms with Gasteiger partial charge in [-0.15, -0.1) is 0 Å². The third kappa shape index (κ3) is 4.71. The molecule has 3 rings (SSSR count). The molecule has 126 valence electrons. The largest absolute Gasteiger partial charge is 0.459 e. The summed E-state index contributed by atoms with van der Waals surface area (Å²) in [4.78, 5) is 24.1. The second-order valence-corrected chi connectivity index (χ2v) is 5.80. The number of amides is 2. The Morgan fingerprint density at radius 2 is 1.64 bits per heavy atom. The minimum Gasteiger partial charge on any atom is -0.459 e. The summed E-state index contributed by atoms with van der Waals surface area (Å²) < 4.78 is 5.05. The molecule has 0 unspecified atom stereocenters. The lowest BCUT2D eigenvalue weighted by atomic mass is 10.1. The molecule has 5 nitrogen and oxygen atoms in total. The number of nitrogens with one attached hydrogen (secondary N) is 2. The Labute approximate surface area is 149 Å². The Bertz CT molecular complexity index is 874. The van der Waals surface area contributed by atoms with Gasteiger partial charge < -0.3 is 15.1 Å². The number of carbonyl (C=O) groups is 2. The molecule has 1 heterocycles. The first kappa shape index (κ1) is 16.8. The van der Waals surface area contributed by atoms with Gasteiger partial charge in [0.25, 0.3) is 5.91 Å². The highest BCUT2D eigenvalue weighted by Crippen LogP contribution is 2.17. The molecular formula is C19H15ClN2O3. The van der Waals surface area contributed by atoms with E-state index in [4.69, 9.17) is 16.0 Å². The van der Waals surface area contributed by atoms with Gasteiger partial charge in [-0.2, -0.15) is 0 Å². The van der Waals surface area contributed by atoms with Crippen LogP contribution in [-0.4, -0.2) is 11.8 Å². The van der Waals surface area contributed by atoms with Gasteiger partial charge in [-0.25, -0.2) is 0 Å². The Kier molecular flexibility index (Phi) is 5.16. The first-order valence-corrected chi connectivity index (χ1v) is 7.97. The van der Waals surface area contributed by atoms with E-state index in [1.54, 1.807) is 48.5 Å². The minimum absolute atomic E-state index is 0.156. The molecule has 0 fully saturated rings. The van der Waals surface area contributed by atoms with Crippen molar-refractivity contribution in [2.75, 3.05) is 10.6 Å². The fraction of sp³-hybridized carbons (Fsp3) is 0.0526. The van der Waals surface area contributed by atoms with Crippen molar-refractivity contribution in [2.45, 2.75) is 6.42 Å². The van der Waals surface area contributed by atoms with Crippen molar-refractivity contribution in [2.24, 2.45) is 0 Å². The SMILES string of the molecule is O=C(Cc1ccc(Cl)cc1)Nc1cccc(NC(=O)c2ccco2)c1. The third-order valence-corrected chi connectivity index (χ3v) is 3.68. The number of carbonyl (C=O) groups excluding carboxylic acids is 2. The molecule has 2 aromatic carbocycles. The Balaban J connectivity index is 1.62. The normalized spacial score (nSPS) is 10.3. The van der Waals surface area contributed by atoms with Crippen LogP contribution in [-0.2, 0) is 11.2 Å². The second-order valence-electron chi connectivity index (χ2n) is 5.36. The third-order valence-electron chi connectivity index (χ3n) is 3.43. The van der Waals surface area contributed by atoms with E-state index < -0.39 is 0 Å². The van der Waals surface area contributed by atoms with Gasteiger partial charge in [-0.1, -0.05) is 29.8 Å². The zero-order chi connectivity index (χ0) is 17.6. The van der Waals surface area contributed by atoms with Crippen molar-refractivity contribution < 1.29 is 14.0 Å². The van der Waals surface area contributed by atoms with Gasteiger partial charge >= 0.3 is 0 Å². The van der Waals surface area contributed by atoms with E-state index in [1.807, 2.05) is 12.1 Å². The van der Waals surface area contributed by atoms with Crippen molar-refractivity contribution in [1.29, 1.82) is 0 Å². The molecule has 3 aromatic rings. The van der Waals surface area contributed by atoms with Crippen molar-refractivity contribution in [3.05, 3.63) is 83.3 Å². The van der Waals surface area contributed by atoms with E-state index in [9.17, 15) is 9.59 Å². The van der Waals surface area contributed by atoms with Crippen LogP contribution in [0.1, 0.15) is 16.1 Å². The van der Waals surface area contributed by atoms with E-state index in [1.165, 1.54) is 6.26 Å². The molecular weight excluding hydrogens is 340 g/mol. The molecule has 0 aliphatic heterocycles. The van der Waals surface area contributed by atoms with Crippen LogP contribution in [0.2, 0.25) is 5.02 Å². The van der Waals surface area contributed by atoms with Crippen LogP contribution in [0.25, 0.3) is 0 Å². The number of hydrogen-bond donors (Lipinski definition) is 2. The molecule has 0 atom stereocenters. The number of furan rings is 1. The second kappa shape index (κ2) is 7.68. The smallest absolute Gasteiger partial charge is 0.291 e. The van der Waals surface area contributed by atoms with E-state index in [0.29, 0.717) is 16.4 Å². The first-order chi connectivity index (χ1) is 12.1. The fourth-order valence-electron chi connectivity index (χ4n) is 2.27. The highest BCUT2D eigenvalue weighted by atomic mass is 35.5. The van der Waals surface area contributed by atoms with Gasteiger partial charge in [0.05, 0.1) is 12.7 Å². The van der Waals surface area contributed by atoms with E-state index >= 15 is 0 Å². The molecule has 25 heavy (non-hydrogen) atoms. The van der Waals surface area contributed by atoms with Gasteiger partial charge in [-0.05, 0) is 48.0 Å². The summed E-state index contributed by atoms with van der Waals surface area (Å²) in [5.74, 6) is -0.288. The average Bonchev–Trinajstić information content (AvgIpc) is 3.12. The van der Waals surface area contributed by atoms with Gasteiger partial charge in [-0.3, -0.25) is 9.59 Å². The zero-order valence-electron chi connectivity index (χ0n) is 13.2. The standard InChI is InChI=1S/C19H15ClN2O3/c20-14-8-6-13(7-9-14)11-18(23)21-15-3-1-4-16(12-15)22-19(24)17-5-2-10-25-17/h1-10,12H,11H2,(H,21,23)(H,22,24). The van der Waals surface area contributed by atoms with Gasteiger partial charge in [0.2, 0.25) is 5.91 Å². The molecule has 0 spiro atoms. The van der Waals surface area contributed by atoms with E-state index in [2.05, 4.69) is 10.6 Å². The molecule has 0 saturated heterocycles. The van der Waals surface area contributed by atoms with Crippen LogP contribution in [0.15, 0.2) is 71.3 Å². The van der Waals surface area contributed by atoms with Crippen LogP contribution in [0.4, 0.5) is 11.4 Å². The van der Waals surface area contributed by atoms with Crippen LogP contribution in [0.5, 0.6) is 0 Å². The Morgan fingerprint density at radius 1 is 0.920 bits per heavy atom. The summed E-state index contributed by atoms with van der Waals surface area (Å²) in [5, 5.41) is 6.15. The van der Waals surface area contributed by atoms with E-state index in [-0.39, 0.29) is 24.0 Å². The zero-order valence-corrected chi connectivity index (χ0v) is 13.9. The van der Waals surface area contributed by atoms with Crippen LogP contribution >= 0.6 is 11.6 Å². The highest BCUT2D eigenvalue weighted by molar-refractivity contribution is 6.30. The lowest BCUT2D eigenvalue weighted by Gasteiger charge is -2.08. The number of benzene rings is 2. The van der Waals surface area contributed by atoms with Crippen LogP contribution < -0.4 is 10.6 Å². The maximum absolute atomic E-state index is 12.1. The van der Waals surface area contributed by atoms with Crippen molar-refractivity contribution >= 4 is 34.8 Å². The molecule has 2 N–H and O–H groups in total. The predicted molar refractivity (Wildman–Crippen MR) is 96.9 cm³/mol. The van der Waals surface area contributed by atoms with Gasteiger partial charge in [0, 0.05) is 16.4 Å². The quantitative estimate of drug-likeness (QED) is 0.714. The highest BCUT2D eigenvalue weighted by Gasteiger charge is 2.09. The fourth-order valence-corrected chi connectivity index (χ4v) is 2.39. The summed E-state index contributed by atoms with van der Waals surface area (Å²) in [5.41, 5.74) is 2.02. The summed E-state index contributed by atoms with van der Waals surface area (Å²) in [6, 6.07) is 17.2. The molecule has 0 aliphatic carbocycles. The topological polar surface area (TPSA) is 71.3 Å². The lowest BCUT2D eigenvalue weighted by Crippen LogP contribution is -2.15. The predicted octanol–water partition coefficient (Wildman–Crippen LogP) is 4.37. The number of hydrogen-bond acceptors (Lipinski definition) is 3. The number of anilines is 2. The number of halogens is 1. The van der Waals surface area contributed by atoms with Crippen LogP contribution in [0, 0.1) is 0 Å². The molecule has 0 radical (unpaired) electrons. The average molecular weight is 355 g/mol. The van der Waals surface area contributed by atoms with Crippen molar-refractivity contribution in [3.63, 3.8) is 0 Å². The van der Waals surface area contributed by atoms with Gasteiger partial charge in [0.15, 0.2) is 5.76 Å². The van der Waals surface area contributed by atoms with Crippen molar-refractivity contribution in [1.82, 2.24) is 0 Å². The molecule has 0 saturated carbocycles. The maximum Gasteiger partial charge on any atom is 0.291 e. The maximum atomic E-state index is 12.1. The summed E-state index contributed by atoms with van der Waals surface area (Å²) in [7, 11) is 0. The molecule has 6 heteroatoms. The van der Waals surface area contributed by atoms with E-state index in [0.717, 1.165) is 5.56 Å². The Hall–Kier alpha value is -3.05. The minimum atomic E-state index is -0.352. The van der Waals surface area contributed by atoms with Gasteiger partial charge in [0.1, 0.15) is 0 Å². The molecule has 0 bridgehead atoms. The Morgan fingerprint density at radius 3 is 2.32 bits per heavy atom. The first-order valence-electron chi connectivity index (χ1n) is 7.59. The summed E-state index contributed by atoms with van der Waals surface area (Å²) in [6.45, 7) is 0. The van der Waals surface area contributed by atoms with Crippen LogP contribution in [0.3, 0.4) is 0 Å². The molecule has 2 amide bonds. The summed E-state index contributed by atoms with van der Waals surface area (Å²) in [6.07, 6.45) is 1.67. The molecule has 1 aromatic heterocycles. The number of rotatable bonds is 5. The van der Waals surface area contributed by atoms with Crippen molar-refractivity contribution in [3.8, 4) is 0 Å². The summed E-state index contributed by atoms with van der Waals surface area (Å²) >= 11 is 5.83. The lowest BCUT2D eigenvalue weighted by molar-refractivity contribution is -0.115. The monoisotopic (exact) mass is 354 g/mol. The molecule has 0 aliphatic rings.